The third-order valence-corrected chi connectivity index (χ3v) is 3.04. The van der Waals surface area contributed by atoms with Crippen molar-refractivity contribution in [2.45, 2.75) is 13.8 Å². The third-order valence-electron chi connectivity index (χ3n) is 3.04. The van der Waals surface area contributed by atoms with E-state index in [4.69, 9.17) is 4.74 Å². The molecule has 21 heavy (non-hydrogen) atoms. The van der Waals surface area contributed by atoms with E-state index in [2.05, 4.69) is 5.32 Å². The zero-order valence-corrected chi connectivity index (χ0v) is 12.1. The van der Waals surface area contributed by atoms with Crippen LogP contribution in [-0.4, -0.2) is 18.4 Å². The van der Waals surface area contributed by atoms with E-state index in [-0.39, 0.29) is 12.5 Å². The molecular formula is C17H17NO3. The Bertz CT molecular complexity index is 647. The van der Waals surface area contributed by atoms with E-state index < -0.39 is 5.97 Å². The van der Waals surface area contributed by atoms with Gasteiger partial charge in [-0.1, -0.05) is 35.9 Å². The number of ether oxygens (including phenoxy) is 1. The van der Waals surface area contributed by atoms with E-state index in [1.54, 1.807) is 24.3 Å². The minimum Gasteiger partial charge on any atom is -0.425 e. The van der Waals surface area contributed by atoms with Gasteiger partial charge in [-0.25, -0.2) is 4.79 Å². The van der Waals surface area contributed by atoms with Crippen molar-refractivity contribution >= 4 is 11.9 Å². The van der Waals surface area contributed by atoms with Crippen molar-refractivity contribution in [1.82, 2.24) is 5.32 Å². The minimum absolute atomic E-state index is 0.166. The van der Waals surface area contributed by atoms with Crippen LogP contribution in [0, 0.1) is 13.8 Å². The Balaban J connectivity index is 1.88. The Labute approximate surface area is 123 Å². The number of esters is 1. The molecule has 0 unspecified atom stereocenters. The van der Waals surface area contributed by atoms with Crippen molar-refractivity contribution in [3.05, 3.63) is 65.2 Å². The fourth-order valence-corrected chi connectivity index (χ4v) is 1.85. The fourth-order valence-electron chi connectivity index (χ4n) is 1.85. The predicted molar refractivity (Wildman–Crippen MR) is 80.3 cm³/mol. The van der Waals surface area contributed by atoms with Gasteiger partial charge < -0.3 is 10.1 Å². The molecule has 0 saturated carbocycles. The molecule has 108 valence electrons. The van der Waals surface area contributed by atoms with Gasteiger partial charge in [0, 0.05) is 5.56 Å². The molecular weight excluding hydrogens is 266 g/mol. The predicted octanol–water partition coefficient (Wildman–Crippen LogP) is 2.64. The van der Waals surface area contributed by atoms with Crippen molar-refractivity contribution in [3.8, 4) is 5.75 Å². The number of aryl methyl sites for hydroxylation is 2. The first-order valence-electron chi connectivity index (χ1n) is 6.67. The molecule has 2 rings (SSSR count). The van der Waals surface area contributed by atoms with E-state index in [0.29, 0.717) is 11.3 Å². The highest BCUT2D eigenvalue weighted by Crippen LogP contribution is 2.11. The van der Waals surface area contributed by atoms with Gasteiger partial charge in [-0.2, -0.15) is 0 Å². The molecule has 0 heterocycles. The van der Waals surface area contributed by atoms with E-state index in [9.17, 15) is 9.59 Å². The summed E-state index contributed by atoms with van der Waals surface area (Å²) in [5.41, 5.74) is 2.50. The van der Waals surface area contributed by atoms with Crippen molar-refractivity contribution in [2.75, 3.05) is 6.54 Å². The number of hydrogen-bond acceptors (Lipinski definition) is 3. The summed E-state index contributed by atoms with van der Waals surface area (Å²) in [7, 11) is 0. The van der Waals surface area contributed by atoms with Crippen molar-refractivity contribution in [3.63, 3.8) is 0 Å². The second-order valence-corrected chi connectivity index (χ2v) is 4.78. The molecule has 0 aliphatic rings. The first kappa shape index (κ1) is 14.8. The number of hydrogen-bond donors (Lipinski definition) is 1. The summed E-state index contributed by atoms with van der Waals surface area (Å²) in [6.07, 6.45) is 0. The second-order valence-electron chi connectivity index (χ2n) is 4.78. The minimum atomic E-state index is -0.499. The maximum atomic E-state index is 11.9. The van der Waals surface area contributed by atoms with Crippen LogP contribution in [0.2, 0.25) is 0 Å². The lowest BCUT2D eigenvalue weighted by molar-refractivity contribution is -0.133. The largest absolute Gasteiger partial charge is 0.425 e. The molecule has 0 saturated heterocycles. The lowest BCUT2D eigenvalue weighted by atomic mass is 10.1. The summed E-state index contributed by atoms with van der Waals surface area (Å²) in [5.74, 6) is -0.314. The van der Waals surface area contributed by atoms with Gasteiger partial charge in [-0.05, 0) is 37.6 Å². The highest BCUT2D eigenvalue weighted by Gasteiger charge is 2.11. The van der Waals surface area contributed by atoms with Crippen LogP contribution in [0.25, 0.3) is 0 Å². The smallest absolute Gasteiger partial charge is 0.330 e. The summed E-state index contributed by atoms with van der Waals surface area (Å²) in [5, 5.41) is 2.56. The van der Waals surface area contributed by atoms with Crippen LogP contribution in [0.4, 0.5) is 0 Å². The SMILES string of the molecule is Cc1ccc(OC(=O)CNC(=O)c2ccccc2C)cc1. The van der Waals surface area contributed by atoms with Crippen molar-refractivity contribution in [1.29, 1.82) is 0 Å². The normalized spacial score (nSPS) is 10.0. The Hall–Kier alpha value is -2.62. The van der Waals surface area contributed by atoms with Crippen molar-refractivity contribution in [2.24, 2.45) is 0 Å². The summed E-state index contributed by atoms with van der Waals surface area (Å²) >= 11 is 0. The number of amides is 1. The Kier molecular flexibility index (Phi) is 4.72. The number of carbonyl (C=O) groups excluding carboxylic acids is 2. The highest BCUT2D eigenvalue weighted by atomic mass is 16.5. The molecule has 0 atom stereocenters. The first-order valence-corrected chi connectivity index (χ1v) is 6.67. The topological polar surface area (TPSA) is 55.4 Å². The van der Waals surface area contributed by atoms with Crippen LogP contribution in [0.15, 0.2) is 48.5 Å². The van der Waals surface area contributed by atoms with Crippen LogP contribution in [0.1, 0.15) is 21.5 Å². The molecule has 2 aromatic carbocycles. The molecule has 0 spiro atoms. The molecule has 1 N–H and O–H groups in total. The van der Waals surface area contributed by atoms with Crippen LogP contribution in [0.5, 0.6) is 5.75 Å². The fraction of sp³-hybridized carbons (Fsp3) is 0.176. The van der Waals surface area contributed by atoms with Gasteiger partial charge in [0.15, 0.2) is 0 Å². The number of carbonyl (C=O) groups is 2. The number of benzene rings is 2. The summed E-state index contributed by atoms with van der Waals surface area (Å²) in [4.78, 5) is 23.6. The van der Waals surface area contributed by atoms with Gasteiger partial charge in [0.1, 0.15) is 12.3 Å². The average molecular weight is 283 g/mol. The van der Waals surface area contributed by atoms with Crippen LogP contribution >= 0.6 is 0 Å². The molecule has 0 aliphatic carbocycles. The molecule has 2 aromatic rings. The maximum absolute atomic E-state index is 11.9. The van der Waals surface area contributed by atoms with Gasteiger partial charge in [0.25, 0.3) is 5.91 Å². The van der Waals surface area contributed by atoms with Gasteiger partial charge in [0.2, 0.25) is 0 Å². The number of nitrogens with one attached hydrogen (secondary N) is 1. The molecule has 4 nitrogen and oxygen atoms in total. The lowest BCUT2D eigenvalue weighted by Crippen LogP contribution is -2.32. The molecule has 0 bridgehead atoms. The average Bonchev–Trinajstić information content (AvgIpc) is 2.48. The molecule has 1 amide bonds. The Morgan fingerprint density at radius 1 is 1.00 bits per heavy atom. The highest BCUT2D eigenvalue weighted by molar-refractivity contribution is 5.97. The summed E-state index contributed by atoms with van der Waals surface area (Å²) < 4.78 is 5.13. The lowest BCUT2D eigenvalue weighted by Gasteiger charge is -2.08. The Morgan fingerprint density at radius 3 is 2.33 bits per heavy atom. The first-order chi connectivity index (χ1) is 10.1. The molecule has 4 heteroatoms. The van der Waals surface area contributed by atoms with E-state index in [1.807, 2.05) is 38.1 Å². The van der Waals surface area contributed by atoms with Gasteiger partial charge in [-0.3, -0.25) is 4.79 Å². The van der Waals surface area contributed by atoms with Gasteiger partial charge >= 0.3 is 5.97 Å². The zero-order valence-electron chi connectivity index (χ0n) is 12.1. The summed E-state index contributed by atoms with van der Waals surface area (Å²) in [6, 6.07) is 14.4. The van der Waals surface area contributed by atoms with Gasteiger partial charge in [-0.15, -0.1) is 0 Å². The quantitative estimate of drug-likeness (QED) is 0.693. The van der Waals surface area contributed by atoms with E-state index in [0.717, 1.165) is 11.1 Å². The molecule has 0 aromatic heterocycles. The third kappa shape index (κ3) is 4.18. The van der Waals surface area contributed by atoms with E-state index in [1.165, 1.54) is 0 Å². The van der Waals surface area contributed by atoms with Crippen LogP contribution in [0.3, 0.4) is 0 Å². The molecule has 0 radical (unpaired) electrons. The standard InChI is InChI=1S/C17H17NO3/c1-12-7-9-14(10-8-12)21-16(19)11-18-17(20)15-6-4-3-5-13(15)2/h3-10H,11H2,1-2H3,(H,18,20). The monoisotopic (exact) mass is 283 g/mol. The van der Waals surface area contributed by atoms with Crippen LogP contribution in [-0.2, 0) is 4.79 Å². The summed E-state index contributed by atoms with van der Waals surface area (Å²) in [6.45, 7) is 3.63. The maximum Gasteiger partial charge on any atom is 0.330 e. The number of rotatable bonds is 4. The van der Waals surface area contributed by atoms with Crippen LogP contribution < -0.4 is 10.1 Å². The van der Waals surface area contributed by atoms with E-state index >= 15 is 0 Å². The molecule has 0 aliphatic heterocycles. The van der Waals surface area contributed by atoms with Gasteiger partial charge in [0.05, 0.1) is 0 Å². The zero-order chi connectivity index (χ0) is 15.2. The van der Waals surface area contributed by atoms with Crippen molar-refractivity contribution < 1.29 is 14.3 Å². The molecule has 0 fully saturated rings. The Morgan fingerprint density at radius 2 is 1.67 bits per heavy atom. The second kappa shape index (κ2) is 6.70.